The van der Waals surface area contributed by atoms with Gasteiger partial charge in [-0.2, -0.15) is 0 Å². The van der Waals surface area contributed by atoms with E-state index in [0.29, 0.717) is 6.42 Å². The highest BCUT2D eigenvalue weighted by atomic mass is 16.5. The third-order valence-electron chi connectivity index (χ3n) is 2.48. The standard InChI is InChI=1S/C12H22N2O4/c1-3-4-5-6-9(15)7-10(13)12(17)14-8-11(16)18-2/h10H,3-8,13H2,1-2H3,(H,14,17). The number of nitrogens with one attached hydrogen (secondary N) is 1. The number of hydrogen-bond donors (Lipinski definition) is 2. The molecular formula is C12H22N2O4. The van der Waals surface area contributed by atoms with Crippen LogP contribution in [0.25, 0.3) is 0 Å². The van der Waals surface area contributed by atoms with Gasteiger partial charge in [0.25, 0.3) is 0 Å². The van der Waals surface area contributed by atoms with Gasteiger partial charge in [0.1, 0.15) is 12.3 Å². The first-order valence-corrected chi connectivity index (χ1v) is 6.13. The second-order valence-corrected chi connectivity index (χ2v) is 4.10. The highest BCUT2D eigenvalue weighted by Gasteiger charge is 2.17. The molecule has 0 saturated carbocycles. The normalized spacial score (nSPS) is 11.7. The molecule has 1 atom stereocenters. The Morgan fingerprint density at radius 1 is 1.28 bits per heavy atom. The van der Waals surface area contributed by atoms with Gasteiger partial charge >= 0.3 is 5.97 Å². The maximum absolute atomic E-state index is 11.5. The van der Waals surface area contributed by atoms with Gasteiger partial charge in [-0.1, -0.05) is 19.8 Å². The topological polar surface area (TPSA) is 98.5 Å². The van der Waals surface area contributed by atoms with Gasteiger partial charge < -0.3 is 15.8 Å². The molecule has 1 amide bonds. The van der Waals surface area contributed by atoms with Crippen molar-refractivity contribution in [1.29, 1.82) is 0 Å². The van der Waals surface area contributed by atoms with Crippen molar-refractivity contribution in [3.8, 4) is 0 Å². The van der Waals surface area contributed by atoms with Gasteiger partial charge in [0.05, 0.1) is 13.2 Å². The summed E-state index contributed by atoms with van der Waals surface area (Å²) in [6, 6.07) is -0.899. The zero-order valence-electron chi connectivity index (χ0n) is 11.0. The molecule has 0 radical (unpaired) electrons. The first-order valence-electron chi connectivity index (χ1n) is 6.13. The van der Waals surface area contributed by atoms with E-state index in [2.05, 4.69) is 17.0 Å². The fourth-order valence-electron chi connectivity index (χ4n) is 1.37. The molecule has 0 aliphatic heterocycles. The van der Waals surface area contributed by atoms with E-state index in [1.165, 1.54) is 7.11 Å². The minimum Gasteiger partial charge on any atom is -0.468 e. The Morgan fingerprint density at radius 2 is 1.94 bits per heavy atom. The third kappa shape index (κ3) is 7.78. The monoisotopic (exact) mass is 258 g/mol. The minimum atomic E-state index is -0.899. The molecule has 1 unspecified atom stereocenters. The molecule has 0 spiro atoms. The molecule has 6 heteroatoms. The number of ether oxygens (including phenoxy) is 1. The molecule has 18 heavy (non-hydrogen) atoms. The largest absolute Gasteiger partial charge is 0.468 e. The Morgan fingerprint density at radius 3 is 2.50 bits per heavy atom. The summed E-state index contributed by atoms with van der Waals surface area (Å²) in [5, 5.41) is 2.32. The van der Waals surface area contributed by atoms with Crippen LogP contribution >= 0.6 is 0 Å². The first kappa shape index (κ1) is 16.6. The quantitative estimate of drug-likeness (QED) is 0.453. The van der Waals surface area contributed by atoms with Crippen LogP contribution in [-0.4, -0.2) is 37.4 Å². The zero-order chi connectivity index (χ0) is 14.0. The van der Waals surface area contributed by atoms with Crippen LogP contribution in [0.15, 0.2) is 0 Å². The summed E-state index contributed by atoms with van der Waals surface area (Å²) in [5.74, 6) is -1.08. The van der Waals surface area contributed by atoms with Gasteiger partial charge in [-0.15, -0.1) is 0 Å². The molecule has 0 bridgehead atoms. The number of esters is 1. The van der Waals surface area contributed by atoms with Crippen molar-refractivity contribution >= 4 is 17.7 Å². The number of ketones is 1. The maximum atomic E-state index is 11.5. The Bertz CT molecular complexity index is 292. The van der Waals surface area contributed by atoms with Crippen LogP contribution in [0.5, 0.6) is 0 Å². The van der Waals surface area contributed by atoms with Gasteiger partial charge in [-0.05, 0) is 6.42 Å². The number of hydrogen-bond acceptors (Lipinski definition) is 5. The Hall–Kier alpha value is -1.43. The Labute approximate surface area is 107 Å². The van der Waals surface area contributed by atoms with Gasteiger partial charge in [-0.25, -0.2) is 0 Å². The van der Waals surface area contributed by atoms with Crippen molar-refractivity contribution < 1.29 is 19.1 Å². The number of amides is 1. The van der Waals surface area contributed by atoms with Crippen molar-refractivity contribution in [2.45, 2.75) is 45.1 Å². The second kappa shape index (κ2) is 9.58. The highest BCUT2D eigenvalue weighted by molar-refractivity contribution is 5.90. The van der Waals surface area contributed by atoms with E-state index in [9.17, 15) is 14.4 Å². The van der Waals surface area contributed by atoms with Crippen molar-refractivity contribution in [1.82, 2.24) is 5.32 Å². The van der Waals surface area contributed by atoms with Gasteiger partial charge in [0.2, 0.25) is 5.91 Å². The van der Waals surface area contributed by atoms with E-state index >= 15 is 0 Å². The average Bonchev–Trinajstić information content (AvgIpc) is 2.35. The number of nitrogens with two attached hydrogens (primary N) is 1. The van der Waals surface area contributed by atoms with Crippen LogP contribution in [0.2, 0.25) is 0 Å². The molecule has 0 aromatic carbocycles. The Balaban J connectivity index is 3.85. The lowest BCUT2D eigenvalue weighted by Crippen LogP contribution is -2.43. The summed E-state index contributed by atoms with van der Waals surface area (Å²) in [6.45, 7) is 1.82. The maximum Gasteiger partial charge on any atom is 0.325 e. The number of carbonyl (C=O) groups is 3. The summed E-state index contributed by atoms with van der Waals surface area (Å²) in [6.07, 6.45) is 3.32. The van der Waals surface area contributed by atoms with Gasteiger partial charge in [0.15, 0.2) is 0 Å². The van der Waals surface area contributed by atoms with Crippen molar-refractivity contribution in [3.05, 3.63) is 0 Å². The van der Waals surface area contributed by atoms with E-state index in [4.69, 9.17) is 5.73 Å². The second-order valence-electron chi connectivity index (χ2n) is 4.10. The smallest absolute Gasteiger partial charge is 0.325 e. The van der Waals surface area contributed by atoms with E-state index in [1.807, 2.05) is 0 Å². The van der Waals surface area contributed by atoms with Crippen molar-refractivity contribution in [3.63, 3.8) is 0 Å². The molecule has 0 aliphatic rings. The third-order valence-corrected chi connectivity index (χ3v) is 2.48. The highest BCUT2D eigenvalue weighted by Crippen LogP contribution is 2.03. The number of methoxy groups -OCH3 is 1. The lowest BCUT2D eigenvalue weighted by atomic mass is 10.1. The molecule has 0 fully saturated rings. The zero-order valence-corrected chi connectivity index (χ0v) is 11.0. The summed E-state index contributed by atoms with van der Waals surface area (Å²) in [4.78, 5) is 33.7. The average molecular weight is 258 g/mol. The van der Waals surface area contributed by atoms with Crippen LogP contribution in [0.3, 0.4) is 0 Å². The molecule has 0 rings (SSSR count). The molecule has 0 aliphatic carbocycles. The number of Topliss-reactive ketones (excluding diaryl/α,β-unsaturated/α-hetero) is 1. The predicted octanol–water partition coefficient (Wildman–Crippen LogP) is 0.142. The van der Waals surface area contributed by atoms with Crippen LogP contribution < -0.4 is 11.1 Å². The van der Waals surface area contributed by atoms with Crippen LogP contribution in [0.1, 0.15) is 39.0 Å². The summed E-state index contributed by atoms with van der Waals surface area (Å²) < 4.78 is 4.37. The minimum absolute atomic E-state index is 0.0106. The molecule has 0 saturated heterocycles. The van der Waals surface area contributed by atoms with E-state index in [1.54, 1.807) is 0 Å². The molecule has 0 aromatic heterocycles. The van der Waals surface area contributed by atoms with Crippen molar-refractivity contribution in [2.75, 3.05) is 13.7 Å². The molecule has 0 aromatic rings. The molecule has 3 N–H and O–H groups in total. The number of carbonyl (C=O) groups excluding carboxylic acids is 3. The Kier molecular flexibility index (Phi) is 8.82. The van der Waals surface area contributed by atoms with Crippen LogP contribution in [0.4, 0.5) is 0 Å². The van der Waals surface area contributed by atoms with Gasteiger partial charge in [0, 0.05) is 12.8 Å². The number of rotatable bonds is 9. The molecule has 6 nitrogen and oxygen atoms in total. The fraction of sp³-hybridized carbons (Fsp3) is 0.750. The predicted molar refractivity (Wildman–Crippen MR) is 66.8 cm³/mol. The van der Waals surface area contributed by atoms with E-state index in [0.717, 1.165) is 19.3 Å². The van der Waals surface area contributed by atoms with Gasteiger partial charge in [-0.3, -0.25) is 14.4 Å². The van der Waals surface area contributed by atoms with Crippen LogP contribution in [0, 0.1) is 0 Å². The number of unbranched alkanes of at least 4 members (excludes halogenated alkanes) is 2. The summed E-state index contributed by atoms with van der Waals surface area (Å²) in [5.41, 5.74) is 5.57. The van der Waals surface area contributed by atoms with E-state index < -0.39 is 17.9 Å². The van der Waals surface area contributed by atoms with Crippen molar-refractivity contribution in [2.24, 2.45) is 5.73 Å². The lowest BCUT2D eigenvalue weighted by Gasteiger charge is -2.10. The SMILES string of the molecule is CCCCCC(=O)CC(N)C(=O)NCC(=O)OC. The van der Waals surface area contributed by atoms with Crippen LogP contribution in [-0.2, 0) is 19.1 Å². The first-order chi connectivity index (χ1) is 8.51. The lowest BCUT2D eigenvalue weighted by molar-refractivity contribution is -0.141. The summed E-state index contributed by atoms with van der Waals surface area (Å²) >= 11 is 0. The molecule has 104 valence electrons. The van der Waals surface area contributed by atoms with E-state index in [-0.39, 0.29) is 18.7 Å². The molecule has 0 heterocycles. The molecular weight excluding hydrogens is 236 g/mol. The fourth-order valence-corrected chi connectivity index (χ4v) is 1.37. The summed E-state index contributed by atoms with van der Waals surface area (Å²) in [7, 11) is 1.23.